The second kappa shape index (κ2) is 7.80. The molecule has 27 heavy (non-hydrogen) atoms. The second-order valence-electron chi connectivity index (χ2n) is 5.59. The van der Waals surface area contributed by atoms with Crippen molar-refractivity contribution in [2.75, 3.05) is 14.2 Å². The Morgan fingerprint density at radius 1 is 1.11 bits per heavy atom. The zero-order valence-corrected chi connectivity index (χ0v) is 17.0. The molecule has 8 heteroatoms. The first-order valence-corrected chi connectivity index (χ1v) is 10.3. The SMILES string of the molecule is COc1ccc(-c2nc(CSc3nc4cc(Cl)ccc4o3)cs2)c(OC)c1. The molecule has 0 bridgehead atoms. The largest absolute Gasteiger partial charge is 0.497 e. The highest BCUT2D eigenvalue weighted by atomic mass is 35.5. The van der Waals surface area contributed by atoms with Crippen molar-refractivity contribution >= 4 is 45.8 Å². The fraction of sp³-hybridized carbons (Fsp3) is 0.158. The molecule has 4 rings (SSSR count). The number of methoxy groups -OCH3 is 2. The van der Waals surface area contributed by atoms with Crippen molar-refractivity contribution in [3.8, 4) is 22.1 Å². The Morgan fingerprint density at radius 2 is 2.00 bits per heavy atom. The summed E-state index contributed by atoms with van der Waals surface area (Å²) in [6.45, 7) is 0. The molecule has 0 N–H and O–H groups in total. The monoisotopic (exact) mass is 418 g/mol. The standard InChI is InChI=1S/C19H15ClN2O3S2/c1-23-13-4-5-14(17(8-13)24-2)18-21-12(9-26-18)10-27-19-22-15-7-11(20)3-6-16(15)25-19/h3-9H,10H2,1-2H3. The second-order valence-corrected chi connectivity index (χ2v) is 7.81. The number of hydrogen-bond acceptors (Lipinski definition) is 7. The number of ether oxygens (including phenoxy) is 2. The van der Waals surface area contributed by atoms with Crippen LogP contribution in [0, 0.1) is 0 Å². The highest BCUT2D eigenvalue weighted by Gasteiger charge is 2.13. The summed E-state index contributed by atoms with van der Waals surface area (Å²) in [6.07, 6.45) is 0. The number of thioether (sulfide) groups is 1. The molecular formula is C19H15ClN2O3S2. The first kappa shape index (κ1) is 18.2. The molecule has 0 unspecified atom stereocenters. The van der Waals surface area contributed by atoms with Crippen molar-refractivity contribution in [1.82, 2.24) is 9.97 Å². The van der Waals surface area contributed by atoms with Gasteiger partial charge in [-0.3, -0.25) is 0 Å². The zero-order valence-electron chi connectivity index (χ0n) is 14.6. The molecule has 0 saturated heterocycles. The van der Waals surface area contributed by atoms with Crippen molar-refractivity contribution in [2.45, 2.75) is 11.0 Å². The van der Waals surface area contributed by atoms with Crippen LogP contribution in [0.2, 0.25) is 5.02 Å². The van der Waals surface area contributed by atoms with Crippen molar-refractivity contribution in [2.24, 2.45) is 0 Å². The van der Waals surface area contributed by atoms with Gasteiger partial charge in [-0.15, -0.1) is 11.3 Å². The third-order valence-corrected chi connectivity index (χ3v) is 5.89. The van der Waals surface area contributed by atoms with Gasteiger partial charge in [-0.2, -0.15) is 0 Å². The van der Waals surface area contributed by atoms with E-state index in [9.17, 15) is 0 Å². The summed E-state index contributed by atoms with van der Waals surface area (Å²) in [5, 5.41) is 4.18. The van der Waals surface area contributed by atoms with Gasteiger partial charge >= 0.3 is 0 Å². The molecule has 0 aliphatic carbocycles. The number of fused-ring (bicyclic) bond motifs is 1. The van der Waals surface area contributed by atoms with E-state index in [0.717, 1.165) is 38.9 Å². The van der Waals surface area contributed by atoms with Gasteiger partial charge in [-0.1, -0.05) is 23.4 Å². The lowest BCUT2D eigenvalue weighted by Crippen LogP contribution is -1.90. The van der Waals surface area contributed by atoms with Crippen molar-refractivity contribution in [3.05, 3.63) is 52.5 Å². The Morgan fingerprint density at radius 3 is 2.81 bits per heavy atom. The molecule has 138 valence electrons. The number of hydrogen-bond donors (Lipinski definition) is 0. The van der Waals surface area contributed by atoms with E-state index in [2.05, 4.69) is 4.98 Å². The summed E-state index contributed by atoms with van der Waals surface area (Å²) in [5.41, 5.74) is 3.38. The highest BCUT2D eigenvalue weighted by molar-refractivity contribution is 7.98. The minimum Gasteiger partial charge on any atom is -0.497 e. The lowest BCUT2D eigenvalue weighted by molar-refractivity contribution is 0.395. The molecule has 0 atom stereocenters. The van der Waals surface area contributed by atoms with E-state index in [1.807, 2.05) is 29.6 Å². The number of oxazole rings is 1. The average molecular weight is 419 g/mol. The molecule has 0 spiro atoms. The van der Waals surface area contributed by atoms with E-state index in [-0.39, 0.29) is 0 Å². The Balaban J connectivity index is 1.51. The fourth-order valence-corrected chi connectivity index (χ4v) is 4.40. The normalized spacial score (nSPS) is 11.1. The maximum absolute atomic E-state index is 5.99. The van der Waals surface area contributed by atoms with E-state index < -0.39 is 0 Å². The minimum absolute atomic E-state index is 0.601. The van der Waals surface area contributed by atoms with Gasteiger partial charge in [-0.05, 0) is 30.3 Å². The van der Waals surface area contributed by atoms with Crippen LogP contribution in [0.15, 0.2) is 51.4 Å². The zero-order chi connectivity index (χ0) is 18.8. The number of benzene rings is 2. The van der Waals surface area contributed by atoms with Gasteiger partial charge in [0.25, 0.3) is 5.22 Å². The predicted octanol–water partition coefficient (Wildman–Crippen LogP) is 5.91. The van der Waals surface area contributed by atoms with Crippen LogP contribution in [-0.4, -0.2) is 24.2 Å². The third-order valence-electron chi connectivity index (χ3n) is 3.86. The average Bonchev–Trinajstić information content (AvgIpc) is 3.32. The first-order valence-electron chi connectivity index (χ1n) is 8.02. The number of halogens is 1. The Hall–Kier alpha value is -2.22. The fourth-order valence-electron chi connectivity index (χ4n) is 2.55. The molecule has 0 amide bonds. The van der Waals surface area contributed by atoms with Crippen LogP contribution in [0.5, 0.6) is 11.5 Å². The smallest absolute Gasteiger partial charge is 0.257 e. The molecule has 5 nitrogen and oxygen atoms in total. The number of aromatic nitrogens is 2. The van der Waals surface area contributed by atoms with Crippen LogP contribution < -0.4 is 9.47 Å². The van der Waals surface area contributed by atoms with E-state index in [0.29, 0.717) is 16.0 Å². The van der Waals surface area contributed by atoms with Crippen molar-refractivity contribution < 1.29 is 13.9 Å². The topological polar surface area (TPSA) is 57.4 Å². The van der Waals surface area contributed by atoms with Gasteiger partial charge in [-0.25, -0.2) is 9.97 Å². The van der Waals surface area contributed by atoms with Gasteiger partial charge in [0, 0.05) is 22.2 Å². The summed E-state index contributed by atoms with van der Waals surface area (Å²) in [5.74, 6) is 2.15. The lowest BCUT2D eigenvalue weighted by atomic mass is 10.2. The van der Waals surface area contributed by atoms with Crippen molar-refractivity contribution in [1.29, 1.82) is 0 Å². The van der Waals surface area contributed by atoms with Crippen LogP contribution >= 0.6 is 34.7 Å². The third kappa shape index (κ3) is 3.90. The van der Waals surface area contributed by atoms with Crippen LogP contribution in [-0.2, 0) is 5.75 Å². The molecule has 0 fully saturated rings. The molecule has 4 aromatic rings. The molecule has 0 aliphatic rings. The van der Waals surface area contributed by atoms with Crippen LogP contribution in [0.25, 0.3) is 21.7 Å². The van der Waals surface area contributed by atoms with Crippen LogP contribution in [0.1, 0.15) is 5.69 Å². The molecule has 0 saturated carbocycles. The first-order chi connectivity index (χ1) is 13.2. The molecule has 0 radical (unpaired) electrons. The summed E-state index contributed by atoms with van der Waals surface area (Å²) in [6, 6.07) is 11.1. The van der Waals surface area contributed by atoms with E-state index >= 15 is 0 Å². The summed E-state index contributed by atoms with van der Waals surface area (Å²) >= 11 is 9.07. The maximum Gasteiger partial charge on any atom is 0.257 e. The lowest BCUT2D eigenvalue weighted by Gasteiger charge is -2.08. The van der Waals surface area contributed by atoms with E-state index in [4.69, 9.17) is 30.5 Å². The van der Waals surface area contributed by atoms with Gasteiger partial charge in [0.2, 0.25) is 0 Å². The maximum atomic E-state index is 5.99. The highest BCUT2D eigenvalue weighted by Crippen LogP contribution is 2.36. The summed E-state index contributed by atoms with van der Waals surface area (Å²) < 4.78 is 16.4. The van der Waals surface area contributed by atoms with Crippen LogP contribution in [0.3, 0.4) is 0 Å². The minimum atomic E-state index is 0.601. The van der Waals surface area contributed by atoms with Gasteiger partial charge in [0.1, 0.15) is 22.0 Å². The Kier molecular flexibility index (Phi) is 5.24. The Labute approximate surface area is 169 Å². The molecule has 2 aromatic carbocycles. The number of thiazole rings is 1. The molecule has 2 aromatic heterocycles. The Bertz CT molecular complexity index is 1090. The molecular weight excluding hydrogens is 404 g/mol. The quantitative estimate of drug-likeness (QED) is 0.362. The molecule has 0 aliphatic heterocycles. The summed E-state index contributed by atoms with van der Waals surface area (Å²) in [7, 11) is 3.27. The number of rotatable bonds is 6. The molecule has 2 heterocycles. The van der Waals surface area contributed by atoms with Gasteiger partial charge < -0.3 is 13.9 Å². The predicted molar refractivity (Wildman–Crippen MR) is 109 cm³/mol. The van der Waals surface area contributed by atoms with Crippen LogP contribution in [0.4, 0.5) is 0 Å². The van der Waals surface area contributed by atoms with Gasteiger partial charge in [0.05, 0.1) is 25.5 Å². The summed E-state index contributed by atoms with van der Waals surface area (Å²) in [4.78, 5) is 9.17. The van der Waals surface area contributed by atoms with Gasteiger partial charge in [0.15, 0.2) is 5.58 Å². The number of nitrogens with zero attached hydrogens (tertiary/aromatic N) is 2. The van der Waals surface area contributed by atoms with E-state index in [1.165, 1.54) is 11.8 Å². The van der Waals surface area contributed by atoms with Crippen molar-refractivity contribution in [3.63, 3.8) is 0 Å². The van der Waals surface area contributed by atoms with E-state index in [1.54, 1.807) is 37.7 Å².